The number of hydrogen-bond donors (Lipinski definition) is 0. The van der Waals surface area contributed by atoms with E-state index < -0.39 is 0 Å². The molecule has 0 radical (unpaired) electrons. The van der Waals surface area contributed by atoms with Gasteiger partial charge in [-0.15, -0.1) is 0 Å². The molecule has 1 aromatic rings. The number of hydrogen-bond acceptors (Lipinski definition) is 4. The van der Waals surface area contributed by atoms with Crippen molar-refractivity contribution in [2.45, 2.75) is 13.0 Å². The van der Waals surface area contributed by atoms with Crippen molar-refractivity contribution in [3.8, 4) is 0 Å². The second kappa shape index (κ2) is 5.07. The first kappa shape index (κ1) is 11.1. The minimum Gasteiger partial charge on any atom is -0.340 e. The van der Waals surface area contributed by atoms with Gasteiger partial charge in [-0.2, -0.15) is 15.0 Å². The molecule has 1 saturated heterocycles. The molecule has 1 aliphatic heterocycles. The second-order valence-electron chi connectivity index (χ2n) is 4.10. The zero-order valence-corrected chi connectivity index (χ0v) is 9.54. The summed E-state index contributed by atoms with van der Waals surface area (Å²) in [6, 6.07) is 0. The van der Waals surface area contributed by atoms with Crippen molar-refractivity contribution in [3.63, 3.8) is 0 Å². The Bertz CT molecular complexity index is 337. The molecule has 1 aromatic heterocycles. The van der Waals surface area contributed by atoms with Crippen LogP contribution in [-0.2, 0) is 11.3 Å². The van der Waals surface area contributed by atoms with E-state index >= 15 is 0 Å². The molecule has 1 amide bonds. The van der Waals surface area contributed by atoms with E-state index in [0.29, 0.717) is 0 Å². The van der Waals surface area contributed by atoms with Crippen LogP contribution in [0.25, 0.3) is 0 Å². The van der Waals surface area contributed by atoms with Crippen LogP contribution in [0, 0.1) is 0 Å². The zero-order chi connectivity index (χ0) is 11.4. The molecule has 0 atom stereocenters. The lowest BCUT2D eigenvalue weighted by atomic mass is 10.4. The second-order valence-corrected chi connectivity index (χ2v) is 4.10. The molecule has 0 aromatic carbocycles. The number of likely N-dealkylation sites (N-methyl/N-ethyl adjacent to an activating group) is 1. The Kier molecular flexibility index (Phi) is 3.51. The van der Waals surface area contributed by atoms with Crippen molar-refractivity contribution in [3.05, 3.63) is 12.4 Å². The molecule has 2 heterocycles. The van der Waals surface area contributed by atoms with Crippen molar-refractivity contribution >= 4 is 5.91 Å². The van der Waals surface area contributed by atoms with Gasteiger partial charge in [0, 0.05) is 19.6 Å². The Morgan fingerprint density at radius 1 is 1.19 bits per heavy atom. The maximum Gasteiger partial charge on any atom is 0.246 e. The largest absolute Gasteiger partial charge is 0.340 e. The van der Waals surface area contributed by atoms with E-state index in [9.17, 15) is 4.79 Å². The van der Waals surface area contributed by atoms with Gasteiger partial charge in [0.25, 0.3) is 0 Å². The number of aromatic nitrogens is 3. The smallest absolute Gasteiger partial charge is 0.246 e. The Balaban J connectivity index is 1.89. The van der Waals surface area contributed by atoms with Gasteiger partial charge in [0.2, 0.25) is 5.91 Å². The van der Waals surface area contributed by atoms with E-state index in [1.807, 2.05) is 4.90 Å². The predicted octanol–water partition coefficient (Wildman–Crippen LogP) is -0.558. The van der Waals surface area contributed by atoms with E-state index in [-0.39, 0.29) is 12.5 Å². The molecule has 1 fully saturated rings. The van der Waals surface area contributed by atoms with Gasteiger partial charge >= 0.3 is 0 Å². The highest BCUT2D eigenvalue weighted by atomic mass is 16.2. The molecule has 6 heteroatoms. The fourth-order valence-corrected chi connectivity index (χ4v) is 1.84. The summed E-state index contributed by atoms with van der Waals surface area (Å²) in [5, 5.41) is 7.87. The Morgan fingerprint density at radius 3 is 2.69 bits per heavy atom. The third-order valence-electron chi connectivity index (χ3n) is 2.82. The SMILES string of the molecule is CN1CCCN(C(=O)Cn2nccn2)CC1. The van der Waals surface area contributed by atoms with Crippen LogP contribution in [0.5, 0.6) is 0 Å². The molecule has 6 nitrogen and oxygen atoms in total. The molecular formula is C10H17N5O. The topological polar surface area (TPSA) is 54.3 Å². The fourth-order valence-electron chi connectivity index (χ4n) is 1.84. The number of amides is 1. The lowest BCUT2D eigenvalue weighted by Gasteiger charge is -2.20. The van der Waals surface area contributed by atoms with E-state index in [0.717, 1.165) is 32.6 Å². The summed E-state index contributed by atoms with van der Waals surface area (Å²) in [5.41, 5.74) is 0. The number of carbonyl (C=O) groups is 1. The molecule has 0 spiro atoms. The molecule has 16 heavy (non-hydrogen) atoms. The monoisotopic (exact) mass is 223 g/mol. The van der Waals surface area contributed by atoms with Crippen LogP contribution in [0.15, 0.2) is 12.4 Å². The summed E-state index contributed by atoms with van der Waals surface area (Å²) < 4.78 is 0. The Hall–Kier alpha value is -1.43. The van der Waals surface area contributed by atoms with Crippen molar-refractivity contribution in [2.24, 2.45) is 0 Å². The van der Waals surface area contributed by atoms with Crippen molar-refractivity contribution in [2.75, 3.05) is 33.2 Å². The van der Waals surface area contributed by atoms with E-state index in [1.165, 1.54) is 4.80 Å². The molecule has 0 aliphatic carbocycles. The van der Waals surface area contributed by atoms with Crippen LogP contribution < -0.4 is 0 Å². The molecule has 88 valence electrons. The predicted molar refractivity (Wildman–Crippen MR) is 58.7 cm³/mol. The molecule has 0 unspecified atom stereocenters. The molecule has 1 aliphatic rings. The van der Waals surface area contributed by atoms with Crippen LogP contribution in [0.1, 0.15) is 6.42 Å². The summed E-state index contributed by atoms with van der Waals surface area (Å²) in [4.78, 5) is 17.5. The van der Waals surface area contributed by atoms with E-state index in [4.69, 9.17) is 0 Å². The van der Waals surface area contributed by atoms with Crippen LogP contribution in [0.4, 0.5) is 0 Å². The van der Waals surface area contributed by atoms with Crippen molar-refractivity contribution in [1.29, 1.82) is 0 Å². The summed E-state index contributed by atoms with van der Waals surface area (Å²) >= 11 is 0. The highest BCUT2D eigenvalue weighted by Crippen LogP contribution is 2.02. The Morgan fingerprint density at radius 2 is 1.94 bits per heavy atom. The third kappa shape index (κ3) is 2.79. The summed E-state index contributed by atoms with van der Waals surface area (Å²) in [6.07, 6.45) is 4.21. The maximum atomic E-state index is 11.9. The van der Waals surface area contributed by atoms with Crippen molar-refractivity contribution in [1.82, 2.24) is 24.8 Å². The third-order valence-corrected chi connectivity index (χ3v) is 2.82. The van der Waals surface area contributed by atoms with Gasteiger partial charge in [0.05, 0.1) is 12.4 Å². The minimum absolute atomic E-state index is 0.103. The zero-order valence-electron chi connectivity index (χ0n) is 9.54. The van der Waals surface area contributed by atoms with E-state index in [2.05, 4.69) is 22.1 Å². The average Bonchev–Trinajstić information content (AvgIpc) is 2.66. The van der Waals surface area contributed by atoms with Gasteiger partial charge in [-0.1, -0.05) is 0 Å². The molecule has 2 rings (SSSR count). The minimum atomic E-state index is 0.103. The summed E-state index contributed by atoms with van der Waals surface area (Å²) in [6.45, 7) is 3.89. The van der Waals surface area contributed by atoms with Crippen LogP contribution in [0.3, 0.4) is 0 Å². The molecule has 0 bridgehead atoms. The van der Waals surface area contributed by atoms with Gasteiger partial charge in [0.15, 0.2) is 0 Å². The van der Waals surface area contributed by atoms with Gasteiger partial charge in [-0.25, -0.2) is 0 Å². The van der Waals surface area contributed by atoms with Gasteiger partial charge in [-0.3, -0.25) is 4.79 Å². The molecule has 0 saturated carbocycles. The summed E-state index contributed by atoms with van der Waals surface area (Å²) in [5.74, 6) is 0.103. The van der Waals surface area contributed by atoms with Crippen LogP contribution in [0.2, 0.25) is 0 Å². The number of rotatable bonds is 2. The first-order valence-corrected chi connectivity index (χ1v) is 5.56. The number of carbonyl (C=O) groups excluding carboxylic acids is 1. The van der Waals surface area contributed by atoms with Crippen LogP contribution >= 0.6 is 0 Å². The van der Waals surface area contributed by atoms with E-state index in [1.54, 1.807) is 12.4 Å². The highest BCUT2D eigenvalue weighted by Gasteiger charge is 2.17. The highest BCUT2D eigenvalue weighted by molar-refractivity contribution is 5.75. The maximum absolute atomic E-state index is 11.9. The molecular weight excluding hydrogens is 206 g/mol. The fraction of sp³-hybridized carbons (Fsp3) is 0.700. The van der Waals surface area contributed by atoms with Crippen LogP contribution in [-0.4, -0.2) is 63.9 Å². The quantitative estimate of drug-likeness (QED) is 0.674. The molecule has 0 N–H and O–H groups in total. The summed E-state index contributed by atoms with van der Waals surface area (Å²) in [7, 11) is 2.09. The standard InChI is InChI=1S/C10H17N5O/c1-13-5-2-6-14(8-7-13)10(16)9-15-11-3-4-12-15/h3-4H,2,5-9H2,1H3. The first-order chi connectivity index (χ1) is 7.75. The van der Waals surface area contributed by atoms with Gasteiger partial charge in [-0.05, 0) is 20.0 Å². The Labute approximate surface area is 94.8 Å². The normalized spacial score (nSPS) is 18.4. The van der Waals surface area contributed by atoms with Crippen molar-refractivity contribution < 1.29 is 4.79 Å². The first-order valence-electron chi connectivity index (χ1n) is 5.56. The lowest BCUT2D eigenvalue weighted by Crippen LogP contribution is -2.37. The van der Waals surface area contributed by atoms with Gasteiger partial charge in [0.1, 0.15) is 6.54 Å². The lowest BCUT2D eigenvalue weighted by molar-refractivity contribution is -0.132. The van der Waals surface area contributed by atoms with Gasteiger partial charge < -0.3 is 9.80 Å². The number of nitrogens with zero attached hydrogens (tertiary/aromatic N) is 5. The average molecular weight is 223 g/mol.